The van der Waals surface area contributed by atoms with Crippen LogP contribution in [0.2, 0.25) is 0 Å². The van der Waals surface area contributed by atoms with Crippen LogP contribution in [0.3, 0.4) is 0 Å². The van der Waals surface area contributed by atoms with Gasteiger partial charge >= 0.3 is 0 Å². The van der Waals surface area contributed by atoms with Gasteiger partial charge in [-0.25, -0.2) is 9.97 Å². The van der Waals surface area contributed by atoms with Gasteiger partial charge in [-0.2, -0.15) is 0 Å². The Morgan fingerprint density at radius 3 is 2.47 bits per heavy atom. The van der Waals surface area contributed by atoms with E-state index in [0.29, 0.717) is 5.82 Å². The predicted octanol–water partition coefficient (Wildman–Crippen LogP) is 1.87. The van der Waals surface area contributed by atoms with Gasteiger partial charge < -0.3 is 10.6 Å². The van der Waals surface area contributed by atoms with Crippen molar-refractivity contribution in [3.05, 3.63) is 30.0 Å². The monoisotopic (exact) mass is 258 g/mol. The van der Waals surface area contributed by atoms with Crippen molar-refractivity contribution in [3.63, 3.8) is 0 Å². The molecular formula is C14H18N4O. The highest BCUT2D eigenvalue weighted by Crippen LogP contribution is 2.15. The highest BCUT2D eigenvalue weighted by Gasteiger charge is 2.07. The fourth-order valence-electron chi connectivity index (χ4n) is 1.79. The topological polar surface area (TPSA) is 66.9 Å². The number of fused-ring (bicyclic) bond motifs is 1. The standard InChI is InChI=1S/C14H18N4O/c1-9(2)16-13(19)8-15-14-10(3)17-11-6-4-5-7-12(11)18-14/h4-7,9H,8H2,1-3H3,(H,15,18)(H,16,19). The van der Waals surface area contributed by atoms with E-state index < -0.39 is 0 Å². The van der Waals surface area contributed by atoms with E-state index in [4.69, 9.17) is 0 Å². The lowest BCUT2D eigenvalue weighted by molar-refractivity contribution is -0.119. The van der Waals surface area contributed by atoms with Crippen molar-refractivity contribution in [1.29, 1.82) is 0 Å². The van der Waals surface area contributed by atoms with Crippen molar-refractivity contribution in [3.8, 4) is 0 Å². The number of rotatable bonds is 4. The minimum Gasteiger partial charge on any atom is -0.359 e. The van der Waals surface area contributed by atoms with Crippen LogP contribution in [0.5, 0.6) is 0 Å². The van der Waals surface area contributed by atoms with Gasteiger partial charge in [0.1, 0.15) is 5.82 Å². The van der Waals surface area contributed by atoms with Gasteiger partial charge in [-0.3, -0.25) is 4.79 Å². The van der Waals surface area contributed by atoms with Crippen molar-refractivity contribution in [2.45, 2.75) is 26.8 Å². The number of anilines is 1. The maximum Gasteiger partial charge on any atom is 0.239 e. The third kappa shape index (κ3) is 3.40. The number of aryl methyl sites for hydroxylation is 1. The molecule has 0 saturated carbocycles. The van der Waals surface area contributed by atoms with Crippen LogP contribution >= 0.6 is 0 Å². The highest BCUT2D eigenvalue weighted by atomic mass is 16.1. The summed E-state index contributed by atoms with van der Waals surface area (Å²) < 4.78 is 0. The smallest absolute Gasteiger partial charge is 0.239 e. The van der Waals surface area contributed by atoms with Crippen LogP contribution < -0.4 is 10.6 Å². The van der Waals surface area contributed by atoms with Crippen molar-refractivity contribution in [2.24, 2.45) is 0 Å². The zero-order valence-electron chi connectivity index (χ0n) is 11.4. The van der Waals surface area contributed by atoms with Crippen molar-refractivity contribution < 1.29 is 4.79 Å². The quantitative estimate of drug-likeness (QED) is 0.878. The van der Waals surface area contributed by atoms with E-state index in [1.165, 1.54) is 0 Å². The van der Waals surface area contributed by atoms with Crippen LogP contribution in [0.1, 0.15) is 19.5 Å². The Labute approximate surface area is 112 Å². The predicted molar refractivity (Wildman–Crippen MR) is 76.0 cm³/mol. The van der Waals surface area contributed by atoms with Gasteiger partial charge in [-0.1, -0.05) is 12.1 Å². The number of amides is 1. The second-order valence-electron chi connectivity index (χ2n) is 4.72. The summed E-state index contributed by atoms with van der Waals surface area (Å²) in [5, 5.41) is 5.84. The molecule has 2 aromatic rings. The van der Waals surface area contributed by atoms with Crippen LogP contribution in [0.15, 0.2) is 24.3 Å². The van der Waals surface area contributed by atoms with E-state index in [1.807, 2.05) is 45.0 Å². The largest absolute Gasteiger partial charge is 0.359 e. The lowest BCUT2D eigenvalue weighted by Gasteiger charge is -2.11. The summed E-state index contributed by atoms with van der Waals surface area (Å²) in [4.78, 5) is 20.5. The fraction of sp³-hybridized carbons (Fsp3) is 0.357. The molecule has 0 bridgehead atoms. The second-order valence-corrected chi connectivity index (χ2v) is 4.72. The van der Waals surface area contributed by atoms with Crippen molar-refractivity contribution in [1.82, 2.24) is 15.3 Å². The molecule has 0 aliphatic carbocycles. The number of hydrogen-bond acceptors (Lipinski definition) is 4. The molecule has 19 heavy (non-hydrogen) atoms. The highest BCUT2D eigenvalue weighted by molar-refractivity contribution is 5.81. The number of nitrogens with zero attached hydrogens (tertiary/aromatic N) is 2. The molecular weight excluding hydrogens is 240 g/mol. The summed E-state index contributed by atoms with van der Waals surface area (Å²) in [5.41, 5.74) is 2.47. The lowest BCUT2D eigenvalue weighted by atomic mass is 10.3. The van der Waals surface area contributed by atoms with E-state index >= 15 is 0 Å². The third-order valence-electron chi connectivity index (χ3n) is 2.61. The Morgan fingerprint density at radius 1 is 1.21 bits per heavy atom. The molecule has 100 valence electrons. The Bertz CT molecular complexity index is 595. The summed E-state index contributed by atoms with van der Waals surface area (Å²) in [6, 6.07) is 7.81. The minimum absolute atomic E-state index is 0.0515. The normalized spacial score (nSPS) is 10.7. The molecule has 1 aromatic carbocycles. The van der Waals surface area contributed by atoms with Crippen LogP contribution in [-0.2, 0) is 4.79 Å². The first-order valence-corrected chi connectivity index (χ1v) is 6.33. The van der Waals surface area contributed by atoms with Gasteiger partial charge in [0, 0.05) is 6.04 Å². The van der Waals surface area contributed by atoms with Gasteiger partial charge in [0.15, 0.2) is 0 Å². The molecule has 1 heterocycles. The third-order valence-corrected chi connectivity index (χ3v) is 2.61. The number of hydrogen-bond donors (Lipinski definition) is 2. The average molecular weight is 258 g/mol. The fourth-order valence-corrected chi connectivity index (χ4v) is 1.79. The van der Waals surface area contributed by atoms with E-state index in [2.05, 4.69) is 20.6 Å². The van der Waals surface area contributed by atoms with Crippen LogP contribution in [-0.4, -0.2) is 28.5 Å². The minimum atomic E-state index is -0.0515. The Morgan fingerprint density at radius 2 is 1.84 bits per heavy atom. The molecule has 0 fully saturated rings. The first-order valence-electron chi connectivity index (χ1n) is 6.33. The van der Waals surface area contributed by atoms with Crippen LogP contribution in [0.4, 0.5) is 5.82 Å². The molecule has 5 heteroatoms. The van der Waals surface area contributed by atoms with Crippen molar-refractivity contribution in [2.75, 3.05) is 11.9 Å². The maximum absolute atomic E-state index is 11.6. The molecule has 0 atom stereocenters. The molecule has 0 aliphatic heterocycles. The molecule has 0 spiro atoms. The van der Waals surface area contributed by atoms with Gasteiger partial charge in [0.05, 0.1) is 23.3 Å². The number of carbonyl (C=O) groups is 1. The lowest BCUT2D eigenvalue weighted by Crippen LogP contribution is -2.35. The van der Waals surface area contributed by atoms with Gasteiger partial charge in [-0.15, -0.1) is 0 Å². The Kier molecular flexibility index (Phi) is 3.94. The zero-order chi connectivity index (χ0) is 13.8. The summed E-state index contributed by atoms with van der Waals surface area (Å²) in [6.45, 7) is 5.94. The van der Waals surface area contributed by atoms with Gasteiger partial charge in [0.2, 0.25) is 5.91 Å². The first kappa shape index (κ1) is 13.3. The second kappa shape index (κ2) is 5.65. The molecule has 1 amide bonds. The number of benzene rings is 1. The van der Waals surface area contributed by atoms with Crippen LogP contribution in [0, 0.1) is 6.92 Å². The Hall–Kier alpha value is -2.17. The molecule has 0 radical (unpaired) electrons. The number of nitrogens with one attached hydrogen (secondary N) is 2. The molecule has 0 saturated heterocycles. The summed E-state index contributed by atoms with van der Waals surface area (Å²) in [5.74, 6) is 0.599. The van der Waals surface area contributed by atoms with Crippen LogP contribution in [0.25, 0.3) is 11.0 Å². The molecule has 0 aliphatic rings. The number of carbonyl (C=O) groups excluding carboxylic acids is 1. The zero-order valence-corrected chi connectivity index (χ0v) is 11.4. The molecule has 1 aromatic heterocycles. The summed E-state index contributed by atoms with van der Waals surface area (Å²) in [6.07, 6.45) is 0. The number of para-hydroxylation sites is 2. The molecule has 0 unspecified atom stereocenters. The summed E-state index contributed by atoms with van der Waals surface area (Å²) >= 11 is 0. The Balaban J connectivity index is 2.12. The molecule has 5 nitrogen and oxygen atoms in total. The maximum atomic E-state index is 11.6. The SMILES string of the molecule is Cc1nc2ccccc2nc1NCC(=O)NC(C)C. The molecule has 2 rings (SSSR count). The van der Waals surface area contributed by atoms with Gasteiger partial charge in [0.25, 0.3) is 0 Å². The number of aromatic nitrogens is 2. The van der Waals surface area contributed by atoms with E-state index in [0.717, 1.165) is 16.7 Å². The van der Waals surface area contributed by atoms with E-state index in [1.54, 1.807) is 0 Å². The summed E-state index contributed by atoms with van der Waals surface area (Å²) in [7, 11) is 0. The van der Waals surface area contributed by atoms with Crippen molar-refractivity contribution >= 4 is 22.8 Å². The van der Waals surface area contributed by atoms with Gasteiger partial charge in [-0.05, 0) is 32.9 Å². The molecule has 2 N–H and O–H groups in total. The average Bonchev–Trinajstić information content (AvgIpc) is 2.35. The van der Waals surface area contributed by atoms with E-state index in [9.17, 15) is 4.79 Å². The van der Waals surface area contributed by atoms with E-state index in [-0.39, 0.29) is 18.5 Å². The first-order chi connectivity index (χ1) is 9.06.